The summed E-state index contributed by atoms with van der Waals surface area (Å²) in [5, 5.41) is 8.35. The van der Waals surface area contributed by atoms with Gasteiger partial charge in [0.05, 0.1) is 11.4 Å². The van der Waals surface area contributed by atoms with E-state index in [9.17, 15) is 0 Å². The third-order valence-corrected chi connectivity index (χ3v) is 2.86. The molecular formula is C11H22N4. The van der Waals surface area contributed by atoms with E-state index in [-0.39, 0.29) is 0 Å². The van der Waals surface area contributed by atoms with Crippen LogP contribution in [0.2, 0.25) is 0 Å². The van der Waals surface area contributed by atoms with Gasteiger partial charge in [0.25, 0.3) is 0 Å². The first-order valence-corrected chi connectivity index (χ1v) is 5.79. The number of hydrogen-bond acceptors (Lipinski definition) is 3. The molecule has 86 valence electrons. The highest BCUT2D eigenvalue weighted by Crippen LogP contribution is 2.26. The van der Waals surface area contributed by atoms with Crippen molar-refractivity contribution < 1.29 is 0 Å². The molecule has 0 aliphatic rings. The molecule has 0 amide bonds. The summed E-state index contributed by atoms with van der Waals surface area (Å²) in [7, 11) is 0. The van der Waals surface area contributed by atoms with Crippen LogP contribution in [0.25, 0.3) is 0 Å². The minimum Gasteiger partial charge on any atom is -0.325 e. The molecule has 1 heterocycles. The average Bonchev–Trinajstić information content (AvgIpc) is 2.64. The molecule has 1 rings (SSSR count). The van der Waals surface area contributed by atoms with Crippen LogP contribution in [-0.4, -0.2) is 15.0 Å². The zero-order valence-corrected chi connectivity index (χ0v) is 10.2. The largest absolute Gasteiger partial charge is 0.325 e. The van der Waals surface area contributed by atoms with Crippen molar-refractivity contribution in [3.8, 4) is 0 Å². The molecule has 15 heavy (non-hydrogen) atoms. The quantitative estimate of drug-likeness (QED) is 0.810. The van der Waals surface area contributed by atoms with Gasteiger partial charge < -0.3 is 5.73 Å². The SMILES string of the molecule is CCC(CC)c1c(CN)nnn1C(C)C. The van der Waals surface area contributed by atoms with Crippen LogP contribution < -0.4 is 5.73 Å². The Labute approximate surface area is 91.9 Å². The smallest absolute Gasteiger partial charge is 0.0997 e. The van der Waals surface area contributed by atoms with E-state index >= 15 is 0 Å². The maximum absolute atomic E-state index is 5.70. The molecule has 0 atom stereocenters. The zero-order valence-electron chi connectivity index (χ0n) is 10.2. The summed E-state index contributed by atoms with van der Waals surface area (Å²) in [6, 6.07) is 0.355. The van der Waals surface area contributed by atoms with Crippen molar-refractivity contribution in [2.75, 3.05) is 0 Å². The topological polar surface area (TPSA) is 56.7 Å². The predicted molar refractivity (Wildman–Crippen MR) is 61.6 cm³/mol. The van der Waals surface area contributed by atoms with E-state index in [1.54, 1.807) is 0 Å². The second-order valence-electron chi connectivity index (χ2n) is 4.18. The number of nitrogens with two attached hydrogens (primary N) is 1. The minimum atomic E-state index is 0.355. The molecule has 0 radical (unpaired) electrons. The van der Waals surface area contributed by atoms with Crippen molar-refractivity contribution in [1.29, 1.82) is 0 Å². The minimum absolute atomic E-state index is 0.355. The molecule has 0 bridgehead atoms. The lowest BCUT2D eigenvalue weighted by Crippen LogP contribution is -2.13. The maximum atomic E-state index is 5.70. The zero-order chi connectivity index (χ0) is 11.4. The highest BCUT2D eigenvalue weighted by molar-refractivity contribution is 5.16. The molecule has 0 aromatic carbocycles. The van der Waals surface area contributed by atoms with Gasteiger partial charge in [-0.1, -0.05) is 19.1 Å². The van der Waals surface area contributed by atoms with Crippen molar-refractivity contribution in [1.82, 2.24) is 15.0 Å². The van der Waals surface area contributed by atoms with Crippen LogP contribution in [0.4, 0.5) is 0 Å². The van der Waals surface area contributed by atoms with Gasteiger partial charge in [-0.25, -0.2) is 4.68 Å². The Bertz CT molecular complexity index is 300. The van der Waals surface area contributed by atoms with E-state index in [1.807, 2.05) is 4.68 Å². The second-order valence-corrected chi connectivity index (χ2v) is 4.18. The molecule has 2 N–H and O–H groups in total. The summed E-state index contributed by atoms with van der Waals surface area (Å²) >= 11 is 0. The van der Waals surface area contributed by atoms with E-state index in [4.69, 9.17) is 5.73 Å². The summed E-state index contributed by atoms with van der Waals surface area (Å²) in [6.45, 7) is 9.14. The second kappa shape index (κ2) is 5.26. The lowest BCUT2D eigenvalue weighted by atomic mass is 9.97. The Balaban J connectivity index is 3.14. The van der Waals surface area contributed by atoms with Gasteiger partial charge in [-0.15, -0.1) is 5.10 Å². The fraction of sp³-hybridized carbons (Fsp3) is 0.818. The Hall–Kier alpha value is -0.900. The standard InChI is InChI=1S/C11H22N4/c1-5-9(6-2)11-10(7-12)13-14-15(11)8(3)4/h8-9H,5-7,12H2,1-4H3. The lowest BCUT2D eigenvalue weighted by Gasteiger charge is -2.17. The Morgan fingerprint density at radius 1 is 1.27 bits per heavy atom. The van der Waals surface area contributed by atoms with Crippen LogP contribution in [0.5, 0.6) is 0 Å². The Morgan fingerprint density at radius 2 is 1.87 bits per heavy atom. The Morgan fingerprint density at radius 3 is 2.27 bits per heavy atom. The number of aromatic nitrogens is 3. The van der Waals surface area contributed by atoms with Gasteiger partial charge >= 0.3 is 0 Å². The van der Waals surface area contributed by atoms with Gasteiger partial charge in [-0.05, 0) is 26.7 Å². The molecule has 0 saturated heterocycles. The van der Waals surface area contributed by atoms with Gasteiger partial charge in [-0.3, -0.25) is 0 Å². The maximum Gasteiger partial charge on any atom is 0.0997 e. The normalized spacial score (nSPS) is 11.7. The fourth-order valence-electron chi connectivity index (χ4n) is 1.96. The molecule has 0 saturated carbocycles. The average molecular weight is 210 g/mol. The first kappa shape index (κ1) is 12.2. The van der Waals surface area contributed by atoms with Crippen molar-refractivity contribution in [3.63, 3.8) is 0 Å². The first-order chi connectivity index (χ1) is 7.15. The number of hydrogen-bond donors (Lipinski definition) is 1. The van der Waals surface area contributed by atoms with Gasteiger partial charge in [0.15, 0.2) is 0 Å². The molecule has 0 unspecified atom stereocenters. The molecule has 4 heteroatoms. The van der Waals surface area contributed by atoms with Crippen molar-refractivity contribution >= 4 is 0 Å². The monoisotopic (exact) mass is 210 g/mol. The predicted octanol–water partition coefficient (Wildman–Crippen LogP) is 2.22. The van der Waals surface area contributed by atoms with E-state index in [1.165, 1.54) is 5.69 Å². The Kier molecular flexibility index (Phi) is 4.27. The fourth-order valence-corrected chi connectivity index (χ4v) is 1.96. The van der Waals surface area contributed by atoms with Crippen molar-refractivity contribution in [3.05, 3.63) is 11.4 Å². The third-order valence-electron chi connectivity index (χ3n) is 2.86. The molecule has 0 aliphatic carbocycles. The van der Waals surface area contributed by atoms with Crippen LogP contribution >= 0.6 is 0 Å². The van der Waals surface area contributed by atoms with Crippen LogP contribution in [-0.2, 0) is 6.54 Å². The van der Waals surface area contributed by atoms with Crippen molar-refractivity contribution in [2.45, 2.75) is 59.0 Å². The van der Waals surface area contributed by atoms with E-state index in [2.05, 4.69) is 38.0 Å². The van der Waals surface area contributed by atoms with Crippen LogP contribution in [0, 0.1) is 0 Å². The summed E-state index contributed by atoms with van der Waals surface area (Å²) < 4.78 is 2.01. The van der Waals surface area contributed by atoms with Crippen LogP contribution in [0.1, 0.15) is 63.9 Å². The molecule has 0 spiro atoms. The molecule has 1 aromatic heterocycles. The van der Waals surface area contributed by atoms with Crippen LogP contribution in [0.15, 0.2) is 0 Å². The van der Waals surface area contributed by atoms with Gasteiger partial charge in [0.1, 0.15) is 0 Å². The highest BCUT2D eigenvalue weighted by atomic mass is 15.4. The summed E-state index contributed by atoms with van der Waals surface area (Å²) in [6.07, 6.45) is 2.23. The molecule has 1 aromatic rings. The molecule has 4 nitrogen and oxygen atoms in total. The summed E-state index contributed by atoms with van der Waals surface area (Å²) in [5.74, 6) is 0.529. The van der Waals surface area contributed by atoms with Crippen LogP contribution in [0.3, 0.4) is 0 Å². The summed E-state index contributed by atoms with van der Waals surface area (Å²) in [4.78, 5) is 0. The molecule has 0 aliphatic heterocycles. The van der Waals surface area contributed by atoms with E-state index in [0.29, 0.717) is 18.5 Å². The van der Waals surface area contributed by atoms with Gasteiger partial charge in [-0.2, -0.15) is 0 Å². The van der Waals surface area contributed by atoms with E-state index in [0.717, 1.165) is 18.5 Å². The number of rotatable bonds is 5. The molecule has 0 fully saturated rings. The third kappa shape index (κ3) is 2.37. The van der Waals surface area contributed by atoms with Gasteiger partial charge in [0, 0.05) is 18.5 Å². The van der Waals surface area contributed by atoms with Crippen molar-refractivity contribution in [2.24, 2.45) is 5.73 Å². The summed E-state index contributed by atoms with van der Waals surface area (Å²) in [5.41, 5.74) is 7.89. The number of nitrogens with zero attached hydrogens (tertiary/aromatic N) is 3. The first-order valence-electron chi connectivity index (χ1n) is 5.79. The highest BCUT2D eigenvalue weighted by Gasteiger charge is 2.20. The molecular weight excluding hydrogens is 188 g/mol. The van der Waals surface area contributed by atoms with E-state index < -0.39 is 0 Å². The lowest BCUT2D eigenvalue weighted by molar-refractivity contribution is 0.463. The van der Waals surface area contributed by atoms with Gasteiger partial charge in [0.2, 0.25) is 0 Å².